The Morgan fingerprint density at radius 2 is 1.70 bits per heavy atom. The van der Waals surface area contributed by atoms with E-state index in [1.165, 1.54) is 18.2 Å². The Labute approximate surface area is 174 Å². The summed E-state index contributed by atoms with van der Waals surface area (Å²) < 4.78 is 13.1. The van der Waals surface area contributed by atoms with Crippen molar-refractivity contribution in [2.75, 3.05) is 18.4 Å². The Morgan fingerprint density at radius 3 is 2.33 bits per heavy atom. The number of hydrogen-bond acceptors (Lipinski definition) is 3. The Kier molecular flexibility index (Phi) is 6.61. The Hall–Kier alpha value is -3.48. The Bertz CT molecular complexity index is 977. The number of amides is 3. The number of allylic oxidation sites excluding steroid dienone is 1. The first-order chi connectivity index (χ1) is 14.3. The van der Waals surface area contributed by atoms with E-state index in [-0.39, 0.29) is 29.5 Å². The first-order valence-corrected chi connectivity index (χ1v) is 9.78. The van der Waals surface area contributed by atoms with Crippen LogP contribution < -0.4 is 11.1 Å². The molecule has 0 unspecified atom stereocenters. The standard InChI is InChI=1S/C23H24FN3O3/c1-15(16-6-8-18(24)9-7-16)14-21(28)26-20-5-3-2-4-19(20)23(30)27-12-10-17(11-13-27)22(25)29/h2-9,14,17H,10-13H2,1H3,(H2,25,29)(H,26,28)/b15-14+. The van der Waals surface area contributed by atoms with Gasteiger partial charge in [0, 0.05) is 25.1 Å². The largest absolute Gasteiger partial charge is 0.369 e. The van der Waals surface area contributed by atoms with E-state index in [1.807, 2.05) is 0 Å². The van der Waals surface area contributed by atoms with Gasteiger partial charge in [0.1, 0.15) is 5.82 Å². The number of piperidine rings is 1. The van der Waals surface area contributed by atoms with E-state index in [0.29, 0.717) is 42.8 Å². The highest BCUT2D eigenvalue weighted by Crippen LogP contribution is 2.23. The summed E-state index contributed by atoms with van der Waals surface area (Å²) in [6.45, 7) is 2.64. The van der Waals surface area contributed by atoms with Crippen molar-refractivity contribution in [3.8, 4) is 0 Å². The van der Waals surface area contributed by atoms with Crippen molar-refractivity contribution in [2.45, 2.75) is 19.8 Å². The minimum atomic E-state index is -0.385. The van der Waals surface area contributed by atoms with Gasteiger partial charge in [0.15, 0.2) is 0 Å². The SMILES string of the molecule is C/C(=C\C(=O)Nc1ccccc1C(=O)N1CCC(C(N)=O)CC1)c1ccc(F)cc1. The number of nitrogens with zero attached hydrogens (tertiary/aromatic N) is 1. The number of primary amides is 1. The van der Waals surface area contributed by atoms with Gasteiger partial charge in [0.2, 0.25) is 11.8 Å². The number of likely N-dealkylation sites (tertiary alicyclic amines) is 1. The number of carbonyl (C=O) groups is 3. The fraction of sp³-hybridized carbons (Fsp3) is 0.261. The maximum absolute atomic E-state index is 13.1. The molecule has 0 atom stereocenters. The molecule has 0 aromatic heterocycles. The minimum absolute atomic E-state index is 0.201. The zero-order valence-corrected chi connectivity index (χ0v) is 16.7. The summed E-state index contributed by atoms with van der Waals surface area (Å²) in [6.07, 6.45) is 2.48. The van der Waals surface area contributed by atoms with Gasteiger partial charge in [-0.25, -0.2) is 4.39 Å². The predicted octanol–water partition coefficient (Wildman–Crippen LogP) is 3.21. The third-order valence-corrected chi connectivity index (χ3v) is 5.25. The number of nitrogens with one attached hydrogen (secondary N) is 1. The monoisotopic (exact) mass is 409 g/mol. The van der Waals surface area contributed by atoms with Crippen LogP contribution in [0.1, 0.15) is 35.7 Å². The van der Waals surface area contributed by atoms with Crippen LogP contribution >= 0.6 is 0 Å². The number of nitrogens with two attached hydrogens (primary N) is 1. The predicted molar refractivity (Wildman–Crippen MR) is 113 cm³/mol. The molecule has 1 fully saturated rings. The molecule has 1 aliphatic heterocycles. The molecule has 156 valence electrons. The number of halogens is 1. The number of hydrogen-bond donors (Lipinski definition) is 2. The zero-order chi connectivity index (χ0) is 21.7. The van der Waals surface area contributed by atoms with Crippen molar-refractivity contribution in [1.82, 2.24) is 4.90 Å². The second-order valence-electron chi connectivity index (χ2n) is 7.34. The van der Waals surface area contributed by atoms with Gasteiger partial charge in [0.05, 0.1) is 11.3 Å². The third kappa shape index (κ3) is 5.11. The van der Waals surface area contributed by atoms with E-state index < -0.39 is 0 Å². The number of rotatable bonds is 5. The molecule has 3 rings (SSSR count). The molecule has 2 aromatic carbocycles. The van der Waals surface area contributed by atoms with Gasteiger partial charge in [-0.2, -0.15) is 0 Å². The summed E-state index contributed by atoms with van der Waals surface area (Å²) in [5.41, 5.74) is 7.55. The summed E-state index contributed by atoms with van der Waals surface area (Å²) in [4.78, 5) is 38.5. The molecule has 2 aromatic rings. The molecule has 0 spiro atoms. The molecule has 1 aliphatic rings. The van der Waals surface area contributed by atoms with Gasteiger partial charge < -0.3 is 16.0 Å². The second-order valence-corrected chi connectivity index (χ2v) is 7.34. The molecule has 0 aliphatic carbocycles. The average Bonchev–Trinajstić information content (AvgIpc) is 2.74. The van der Waals surface area contributed by atoms with Crippen LogP contribution in [-0.2, 0) is 9.59 Å². The molecule has 3 N–H and O–H groups in total. The van der Waals surface area contributed by atoms with Gasteiger partial charge in [0.25, 0.3) is 5.91 Å². The Morgan fingerprint density at radius 1 is 1.07 bits per heavy atom. The molecule has 0 bridgehead atoms. The molecular weight excluding hydrogens is 385 g/mol. The lowest BCUT2D eigenvalue weighted by atomic mass is 9.95. The van der Waals surface area contributed by atoms with E-state index >= 15 is 0 Å². The lowest BCUT2D eigenvalue weighted by Gasteiger charge is -2.31. The van der Waals surface area contributed by atoms with Crippen LogP contribution in [0.5, 0.6) is 0 Å². The zero-order valence-electron chi connectivity index (χ0n) is 16.7. The molecule has 6 nitrogen and oxygen atoms in total. The van der Waals surface area contributed by atoms with Gasteiger partial charge in [-0.05, 0) is 55.2 Å². The van der Waals surface area contributed by atoms with Crippen molar-refractivity contribution in [2.24, 2.45) is 11.7 Å². The number of carbonyl (C=O) groups excluding carboxylic acids is 3. The number of para-hydroxylation sites is 1. The topological polar surface area (TPSA) is 92.5 Å². The van der Waals surface area contributed by atoms with Crippen LogP contribution in [0.4, 0.5) is 10.1 Å². The lowest BCUT2D eigenvalue weighted by Crippen LogP contribution is -2.42. The molecule has 1 heterocycles. The summed E-state index contributed by atoms with van der Waals surface area (Å²) in [7, 11) is 0. The van der Waals surface area contributed by atoms with E-state index in [9.17, 15) is 18.8 Å². The maximum Gasteiger partial charge on any atom is 0.255 e. The van der Waals surface area contributed by atoms with Crippen LogP contribution in [0, 0.1) is 11.7 Å². The van der Waals surface area contributed by atoms with E-state index in [1.54, 1.807) is 48.2 Å². The summed E-state index contributed by atoms with van der Waals surface area (Å²) >= 11 is 0. The first kappa shape index (κ1) is 21.2. The molecule has 3 amide bonds. The highest BCUT2D eigenvalue weighted by Gasteiger charge is 2.27. The summed E-state index contributed by atoms with van der Waals surface area (Å²) in [5, 5.41) is 2.76. The van der Waals surface area contributed by atoms with Crippen LogP contribution in [0.3, 0.4) is 0 Å². The second kappa shape index (κ2) is 9.35. The maximum atomic E-state index is 13.1. The molecule has 7 heteroatoms. The quantitative estimate of drug-likeness (QED) is 0.743. The van der Waals surface area contributed by atoms with Crippen molar-refractivity contribution in [3.63, 3.8) is 0 Å². The summed E-state index contributed by atoms with van der Waals surface area (Å²) in [5.74, 6) is -1.47. The molecular formula is C23H24FN3O3. The van der Waals surface area contributed by atoms with E-state index in [0.717, 1.165) is 5.56 Å². The van der Waals surface area contributed by atoms with Crippen LogP contribution in [0.2, 0.25) is 0 Å². The number of anilines is 1. The smallest absolute Gasteiger partial charge is 0.255 e. The summed E-state index contributed by atoms with van der Waals surface area (Å²) in [6, 6.07) is 12.7. The average molecular weight is 409 g/mol. The van der Waals surface area contributed by atoms with Gasteiger partial charge in [-0.15, -0.1) is 0 Å². The Balaban J connectivity index is 1.71. The van der Waals surface area contributed by atoms with Crippen molar-refractivity contribution >= 4 is 29.0 Å². The highest BCUT2D eigenvalue weighted by atomic mass is 19.1. The fourth-order valence-corrected chi connectivity index (χ4v) is 3.48. The third-order valence-electron chi connectivity index (χ3n) is 5.25. The first-order valence-electron chi connectivity index (χ1n) is 9.78. The van der Waals surface area contributed by atoms with Crippen molar-refractivity contribution in [1.29, 1.82) is 0 Å². The normalized spacial score (nSPS) is 15.0. The van der Waals surface area contributed by atoms with Gasteiger partial charge in [-0.1, -0.05) is 24.3 Å². The van der Waals surface area contributed by atoms with Crippen LogP contribution in [0.15, 0.2) is 54.6 Å². The molecule has 1 saturated heterocycles. The van der Waals surface area contributed by atoms with Gasteiger partial charge >= 0.3 is 0 Å². The minimum Gasteiger partial charge on any atom is -0.369 e. The van der Waals surface area contributed by atoms with Crippen LogP contribution in [-0.4, -0.2) is 35.7 Å². The number of benzene rings is 2. The molecule has 30 heavy (non-hydrogen) atoms. The van der Waals surface area contributed by atoms with Gasteiger partial charge in [-0.3, -0.25) is 14.4 Å². The molecule has 0 saturated carbocycles. The van der Waals surface area contributed by atoms with Crippen molar-refractivity contribution in [3.05, 3.63) is 71.6 Å². The van der Waals surface area contributed by atoms with E-state index in [2.05, 4.69) is 5.32 Å². The molecule has 0 radical (unpaired) electrons. The van der Waals surface area contributed by atoms with Crippen LogP contribution in [0.25, 0.3) is 5.57 Å². The lowest BCUT2D eigenvalue weighted by molar-refractivity contribution is -0.123. The highest BCUT2D eigenvalue weighted by molar-refractivity contribution is 6.08. The van der Waals surface area contributed by atoms with Crippen molar-refractivity contribution < 1.29 is 18.8 Å². The van der Waals surface area contributed by atoms with E-state index in [4.69, 9.17) is 5.73 Å². The fourth-order valence-electron chi connectivity index (χ4n) is 3.48.